The standard InChI is InChI=1S/C11H18N4O2/c1-14-10(12-9-13-14)7-15-4-2-3-11(8-15)16-5-6-17-11/h9H,2-8H2,1H3. The zero-order chi connectivity index (χ0) is 11.7. The normalized spacial score (nSPS) is 24.5. The van der Waals surface area contributed by atoms with E-state index in [0.717, 1.165) is 51.5 Å². The molecule has 1 spiro atoms. The highest BCUT2D eigenvalue weighted by molar-refractivity contribution is 4.89. The van der Waals surface area contributed by atoms with E-state index >= 15 is 0 Å². The third-order valence-electron chi connectivity index (χ3n) is 3.48. The minimum Gasteiger partial charge on any atom is -0.346 e. The molecule has 6 heteroatoms. The Morgan fingerprint density at radius 2 is 2.24 bits per heavy atom. The van der Waals surface area contributed by atoms with Crippen LogP contribution in [0.25, 0.3) is 0 Å². The van der Waals surface area contributed by atoms with E-state index in [-0.39, 0.29) is 5.79 Å². The Morgan fingerprint density at radius 1 is 1.41 bits per heavy atom. The van der Waals surface area contributed by atoms with Crippen LogP contribution in [0, 0.1) is 0 Å². The molecule has 0 saturated carbocycles. The number of rotatable bonds is 2. The lowest BCUT2D eigenvalue weighted by Gasteiger charge is -2.38. The Hall–Kier alpha value is -0.980. The fourth-order valence-electron chi connectivity index (χ4n) is 2.60. The van der Waals surface area contributed by atoms with E-state index in [0.29, 0.717) is 0 Å². The summed E-state index contributed by atoms with van der Waals surface area (Å²) in [5.74, 6) is 0.636. The minimum atomic E-state index is -0.350. The van der Waals surface area contributed by atoms with Gasteiger partial charge in [0.15, 0.2) is 5.79 Å². The molecule has 2 fully saturated rings. The maximum absolute atomic E-state index is 5.75. The zero-order valence-corrected chi connectivity index (χ0v) is 10.1. The van der Waals surface area contributed by atoms with Crippen LogP contribution < -0.4 is 0 Å². The van der Waals surface area contributed by atoms with Gasteiger partial charge in [-0.15, -0.1) is 0 Å². The molecule has 3 rings (SSSR count). The molecule has 0 N–H and O–H groups in total. The van der Waals surface area contributed by atoms with Crippen LogP contribution in [0.4, 0.5) is 0 Å². The number of aromatic nitrogens is 3. The summed E-state index contributed by atoms with van der Waals surface area (Å²) in [7, 11) is 1.92. The van der Waals surface area contributed by atoms with E-state index in [4.69, 9.17) is 9.47 Å². The minimum absolute atomic E-state index is 0.350. The van der Waals surface area contributed by atoms with Crippen LogP contribution in [0.3, 0.4) is 0 Å². The van der Waals surface area contributed by atoms with Gasteiger partial charge in [-0.05, 0) is 13.0 Å². The smallest absolute Gasteiger partial charge is 0.181 e. The van der Waals surface area contributed by atoms with Crippen LogP contribution in [-0.2, 0) is 23.1 Å². The first-order valence-electron chi connectivity index (χ1n) is 6.11. The van der Waals surface area contributed by atoms with Gasteiger partial charge in [-0.1, -0.05) is 0 Å². The van der Waals surface area contributed by atoms with Crippen LogP contribution in [0.5, 0.6) is 0 Å². The second-order valence-corrected chi connectivity index (χ2v) is 4.72. The molecular formula is C11H18N4O2. The van der Waals surface area contributed by atoms with E-state index in [9.17, 15) is 0 Å². The third kappa shape index (κ3) is 2.20. The first-order valence-corrected chi connectivity index (χ1v) is 6.11. The van der Waals surface area contributed by atoms with Gasteiger partial charge in [-0.25, -0.2) is 4.98 Å². The van der Waals surface area contributed by atoms with E-state index in [1.807, 2.05) is 11.7 Å². The van der Waals surface area contributed by atoms with Crippen LogP contribution in [-0.4, -0.2) is 51.8 Å². The van der Waals surface area contributed by atoms with Crippen molar-refractivity contribution in [3.8, 4) is 0 Å². The van der Waals surface area contributed by atoms with E-state index in [1.165, 1.54) is 0 Å². The van der Waals surface area contributed by atoms with E-state index in [2.05, 4.69) is 15.0 Å². The first-order chi connectivity index (χ1) is 8.27. The summed E-state index contributed by atoms with van der Waals surface area (Å²) in [6.07, 6.45) is 3.71. The number of hydrogen-bond donors (Lipinski definition) is 0. The van der Waals surface area contributed by atoms with Crippen molar-refractivity contribution in [2.24, 2.45) is 7.05 Å². The van der Waals surface area contributed by atoms with Crippen molar-refractivity contribution in [3.05, 3.63) is 12.2 Å². The molecule has 0 atom stereocenters. The van der Waals surface area contributed by atoms with Crippen LogP contribution in [0.1, 0.15) is 18.7 Å². The van der Waals surface area contributed by atoms with Crippen molar-refractivity contribution in [1.82, 2.24) is 19.7 Å². The lowest BCUT2D eigenvalue weighted by Crippen LogP contribution is -2.48. The molecule has 2 aliphatic heterocycles. The molecule has 2 aliphatic rings. The summed E-state index contributed by atoms with van der Waals surface area (Å²) in [5.41, 5.74) is 0. The summed E-state index contributed by atoms with van der Waals surface area (Å²) < 4.78 is 13.3. The fraction of sp³-hybridized carbons (Fsp3) is 0.818. The zero-order valence-electron chi connectivity index (χ0n) is 10.1. The Labute approximate surface area is 101 Å². The molecular weight excluding hydrogens is 220 g/mol. The van der Waals surface area contributed by atoms with Crippen molar-refractivity contribution >= 4 is 0 Å². The second kappa shape index (κ2) is 4.36. The Bertz CT molecular complexity index is 387. The third-order valence-corrected chi connectivity index (χ3v) is 3.48. The quantitative estimate of drug-likeness (QED) is 0.734. The Balaban J connectivity index is 1.66. The van der Waals surface area contributed by atoms with Gasteiger partial charge >= 0.3 is 0 Å². The maximum atomic E-state index is 5.75. The van der Waals surface area contributed by atoms with Crippen LogP contribution >= 0.6 is 0 Å². The highest BCUT2D eigenvalue weighted by atomic mass is 16.7. The topological polar surface area (TPSA) is 52.4 Å². The number of likely N-dealkylation sites (tertiary alicyclic amines) is 1. The summed E-state index contributed by atoms with van der Waals surface area (Å²) in [6.45, 7) is 4.15. The SMILES string of the molecule is Cn1ncnc1CN1CCCC2(C1)OCCO2. The van der Waals surface area contributed by atoms with Gasteiger partial charge in [0.25, 0.3) is 0 Å². The van der Waals surface area contributed by atoms with Crippen molar-refractivity contribution in [2.75, 3.05) is 26.3 Å². The van der Waals surface area contributed by atoms with Crippen molar-refractivity contribution in [2.45, 2.75) is 25.2 Å². The fourth-order valence-corrected chi connectivity index (χ4v) is 2.60. The average molecular weight is 238 g/mol. The number of nitrogens with zero attached hydrogens (tertiary/aromatic N) is 4. The van der Waals surface area contributed by atoms with Gasteiger partial charge in [0.05, 0.1) is 26.3 Å². The molecule has 0 radical (unpaired) electrons. The van der Waals surface area contributed by atoms with Gasteiger partial charge in [-0.3, -0.25) is 9.58 Å². The molecule has 94 valence electrons. The van der Waals surface area contributed by atoms with Gasteiger partial charge in [0.1, 0.15) is 12.2 Å². The summed E-state index contributed by atoms with van der Waals surface area (Å²) in [6, 6.07) is 0. The lowest BCUT2D eigenvalue weighted by atomic mass is 10.0. The molecule has 1 aromatic heterocycles. The number of aryl methyl sites for hydroxylation is 1. The predicted octanol–water partition coefficient (Wildman–Crippen LogP) is 0.154. The first kappa shape index (κ1) is 11.1. The molecule has 1 aromatic rings. The molecule has 0 aliphatic carbocycles. The van der Waals surface area contributed by atoms with Crippen LogP contribution in [0.15, 0.2) is 6.33 Å². The van der Waals surface area contributed by atoms with Gasteiger partial charge < -0.3 is 9.47 Å². The molecule has 17 heavy (non-hydrogen) atoms. The molecule has 3 heterocycles. The number of piperidine rings is 1. The summed E-state index contributed by atoms with van der Waals surface area (Å²) >= 11 is 0. The predicted molar refractivity (Wildman–Crippen MR) is 60.1 cm³/mol. The van der Waals surface area contributed by atoms with E-state index in [1.54, 1.807) is 6.33 Å². The van der Waals surface area contributed by atoms with Gasteiger partial charge in [0.2, 0.25) is 0 Å². The molecule has 0 unspecified atom stereocenters. The highest BCUT2D eigenvalue weighted by Gasteiger charge is 2.40. The molecule has 0 aromatic carbocycles. The molecule has 0 bridgehead atoms. The Morgan fingerprint density at radius 3 is 2.94 bits per heavy atom. The molecule has 0 amide bonds. The Kier molecular flexibility index (Phi) is 2.85. The highest BCUT2D eigenvalue weighted by Crippen LogP contribution is 2.30. The lowest BCUT2D eigenvalue weighted by molar-refractivity contribution is -0.190. The van der Waals surface area contributed by atoms with Gasteiger partial charge in [0, 0.05) is 13.5 Å². The molecule has 6 nitrogen and oxygen atoms in total. The summed E-state index contributed by atoms with van der Waals surface area (Å²) in [5, 5.41) is 4.09. The molecule has 2 saturated heterocycles. The van der Waals surface area contributed by atoms with Crippen molar-refractivity contribution < 1.29 is 9.47 Å². The van der Waals surface area contributed by atoms with Crippen molar-refractivity contribution in [3.63, 3.8) is 0 Å². The van der Waals surface area contributed by atoms with E-state index < -0.39 is 0 Å². The number of hydrogen-bond acceptors (Lipinski definition) is 5. The maximum Gasteiger partial charge on any atom is 0.181 e. The summed E-state index contributed by atoms with van der Waals surface area (Å²) in [4.78, 5) is 6.59. The average Bonchev–Trinajstić information content (AvgIpc) is 2.91. The van der Waals surface area contributed by atoms with Crippen LogP contribution in [0.2, 0.25) is 0 Å². The largest absolute Gasteiger partial charge is 0.346 e. The number of ether oxygens (including phenoxy) is 2. The second-order valence-electron chi connectivity index (χ2n) is 4.72. The van der Waals surface area contributed by atoms with Gasteiger partial charge in [-0.2, -0.15) is 5.10 Å². The van der Waals surface area contributed by atoms with Crippen molar-refractivity contribution in [1.29, 1.82) is 0 Å². The monoisotopic (exact) mass is 238 g/mol.